The maximum Gasteiger partial charge on any atom is 0.334 e. The third kappa shape index (κ3) is 2.42. The number of aliphatic hydroxyl groups excluding tert-OH is 1. The van der Waals surface area contributed by atoms with Gasteiger partial charge in [0.1, 0.15) is 0 Å². The molecule has 1 fully saturated rings. The molecule has 3 unspecified atom stereocenters. The number of methoxy groups -OCH3 is 1. The summed E-state index contributed by atoms with van der Waals surface area (Å²) < 4.78 is 9.64. The van der Waals surface area contributed by atoms with Gasteiger partial charge in [-0.3, -0.25) is 0 Å². The second-order valence-electron chi connectivity index (χ2n) is 3.45. The third-order valence-corrected chi connectivity index (χ3v) is 2.65. The van der Waals surface area contributed by atoms with Gasteiger partial charge in [-0.25, -0.2) is 4.79 Å². The fourth-order valence-electron chi connectivity index (χ4n) is 1.56. The molecule has 4 heteroatoms. The number of esters is 1. The molecule has 1 aliphatic rings. The van der Waals surface area contributed by atoms with Crippen LogP contribution in [0.4, 0.5) is 0 Å². The molecule has 1 rings (SSSR count). The molecular formula is C9H16O4. The second-order valence-corrected chi connectivity index (χ2v) is 3.45. The molecule has 1 N–H and O–H groups in total. The standard InChI is InChI=1S/C9H16O4/c1-6(7-3-4-13-5-7)8(10)9(11)12-2/h6-8,10H,3-5H2,1-2H3. The van der Waals surface area contributed by atoms with Crippen molar-refractivity contribution in [1.29, 1.82) is 0 Å². The van der Waals surface area contributed by atoms with Crippen molar-refractivity contribution in [3.8, 4) is 0 Å². The highest BCUT2D eigenvalue weighted by molar-refractivity contribution is 5.74. The van der Waals surface area contributed by atoms with Crippen molar-refractivity contribution < 1.29 is 19.4 Å². The molecule has 13 heavy (non-hydrogen) atoms. The Morgan fingerprint density at radius 2 is 2.38 bits per heavy atom. The lowest BCUT2D eigenvalue weighted by Crippen LogP contribution is -2.33. The summed E-state index contributed by atoms with van der Waals surface area (Å²) >= 11 is 0. The van der Waals surface area contributed by atoms with Crippen molar-refractivity contribution >= 4 is 5.97 Å². The van der Waals surface area contributed by atoms with E-state index in [4.69, 9.17) is 4.74 Å². The van der Waals surface area contributed by atoms with Crippen LogP contribution in [-0.4, -0.2) is 37.5 Å². The van der Waals surface area contributed by atoms with Crippen molar-refractivity contribution in [3.05, 3.63) is 0 Å². The molecule has 0 aromatic carbocycles. The summed E-state index contributed by atoms with van der Waals surface area (Å²) in [6.45, 7) is 3.21. The molecule has 4 nitrogen and oxygen atoms in total. The van der Waals surface area contributed by atoms with E-state index in [2.05, 4.69) is 4.74 Å². The van der Waals surface area contributed by atoms with Gasteiger partial charge in [0.05, 0.1) is 7.11 Å². The van der Waals surface area contributed by atoms with Crippen LogP contribution in [0, 0.1) is 11.8 Å². The first-order valence-electron chi connectivity index (χ1n) is 4.50. The minimum Gasteiger partial charge on any atom is -0.467 e. The zero-order valence-corrected chi connectivity index (χ0v) is 8.03. The van der Waals surface area contributed by atoms with Crippen LogP contribution in [-0.2, 0) is 14.3 Å². The number of rotatable bonds is 3. The quantitative estimate of drug-likeness (QED) is 0.642. The van der Waals surface area contributed by atoms with Gasteiger partial charge in [0.25, 0.3) is 0 Å². The summed E-state index contributed by atoms with van der Waals surface area (Å²) in [5, 5.41) is 9.52. The first-order chi connectivity index (χ1) is 6.16. The van der Waals surface area contributed by atoms with E-state index in [0.717, 1.165) is 13.0 Å². The summed E-state index contributed by atoms with van der Waals surface area (Å²) in [5.74, 6) is -0.372. The Labute approximate surface area is 77.8 Å². The molecule has 3 atom stereocenters. The predicted octanol–water partition coefficient (Wildman–Crippen LogP) is 0.193. The van der Waals surface area contributed by atoms with Crippen molar-refractivity contribution in [2.24, 2.45) is 11.8 Å². The zero-order valence-electron chi connectivity index (χ0n) is 8.03. The maximum absolute atomic E-state index is 11.0. The Balaban J connectivity index is 2.45. The summed E-state index contributed by atoms with van der Waals surface area (Å²) in [7, 11) is 1.28. The van der Waals surface area contributed by atoms with Gasteiger partial charge in [0.15, 0.2) is 6.10 Å². The topological polar surface area (TPSA) is 55.8 Å². The Kier molecular flexibility index (Phi) is 3.69. The molecule has 76 valence electrons. The van der Waals surface area contributed by atoms with E-state index in [1.54, 1.807) is 0 Å². The average Bonchev–Trinajstić information content (AvgIpc) is 2.67. The highest BCUT2D eigenvalue weighted by Crippen LogP contribution is 2.24. The molecule has 0 aromatic rings. The van der Waals surface area contributed by atoms with E-state index in [9.17, 15) is 9.90 Å². The Morgan fingerprint density at radius 3 is 2.85 bits per heavy atom. The van der Waals surface area contributed by atoms with E-state index in [-0.39, 0.29) is 11.8 Å². The zero-order chi connectivity index (χ0) is 9.84. The van der Waals surface area contributed by atoms with Crippen LogP contribution in [0.15, 0.2) is 0 Å². The SMILES string of the molecule is COC(=O)C(O)C(C)C1CCOC1. The predicted molar refractivity (Wildman–Crippen MR) is 46.1 cm³/mol. The lowest BCUT2D eigenvalue weighted by molar-refractivity contribution is -0.154. The third-order valence-electron chi connectivity index (χ3n) is 2.65. The minimum absolute atomic E-state index is 0.0880. The average molecular weight is 188 g/mol. The van der Waals surface area contributed by atoms with Crippen LogP contribution in [0.1, 0.15) is 13.3 Å². The number of carbonyl (C=O) groups excluding carboxylic acids is 1. The van der Waals surface area contributed by atoms with Gasteiger partial charge in [-0.1, -0.05) is 6.92 Å². The van der Waals surface area contributed by atoms with Gasteiger partial charge in [-0.05, 0) is 18.3 Å². The molecular weight excluding hydrogens is 172 g/mol. The summed E-state index contributed by atoms with van der Waals surface area (Å²) in [6.07, 6.45) is -0.105. The van der Waals surface area contributed by atoms with Gasteiger partial charge < -0.3 is 14.6 Å². The van der Waals surface area contributed by atoms with Crippen molar-refractivity contribution in [2.45, 2.75) is 19.4 Å². The Bertz CT molecular complexity index is 174. The van der Waals surface area contributed by atoms with E-state index < -0.39 is 12.1 Å². The lowest BCUT2D eigenvalue weighted by atomic mass is 9.89. The monoisotopic (exact) mass is 188 g/mol. The van der Waals surface area contributed by atoms with Gasteiger partial charge in [-0.15, -0.1) is 0 Å². The molecule has 0 bridgehead atoms. The summed E-state index contributed by atoms with van der Waals surface area (Å²) in [4.78, 5) is 11.0. The van der Waals surface area contributed by atoms with Gasteiger partial charge in [-0.2, -0.15) is 0 Å². The van der Waals surface area contributed by atoms with Gasteiger partial charge in [0, 0.05) is 13.2 Å². The molecule has 1 saturated heterocycles. The maximum atomic E-state index is 11.0. The molecule has 0 aliphatic carbocycles. The molecule has 0 amide bonds. The van der Waals surface area contributed by atoms with E-state index in [0.29, 0.717) is 6.61 Å². The largest absolute Gasteiger partial charge is 0.467 e. The van der Waals surface area contributed by atoms with Crippen LogP contribution in [0.2, 0.25) is 0 Å². The molecule has 1 aliphatic heterocycles. The van der Waals surface area contributed by atoms with E-state index >= 15 is 0 Å². The molecule has 0 spiro atoms. The van der Waals surface area contributed by atoms with E-state index in [1.807, 2.05) is 6.92 Å². The first kappa shape index (κ1) is 10.5. The Morgan fingerprint density at radius 1 is 1.69 bits per heavy atom. The van der Waals surface area contributed by atoms with Crippen molar-refractivity contribution in [3.63, 3.8) is 0 Å². The minimum atomic E-state index is -1.02. The fourth-order valence-corrected chi connectivity index (χ4v) is 1.56. The Hall–Kier alpha value is -0.610. The highest BCUT2D eigenvalue weighted by atomic mass is 16.5. The number of ether oxygens (including phenoxy) is 2. The summed E-state index contributed by atoms with van der Waals surface area (Å²) in [5.41, 5.74) is 0. The van der Waals surface area contributed by atoms with Crippen LogP contribution >= 0.6 is 0 Å². The van der Waals surface area contributed by atoms with E-state index in [1.165, 1.54) is 7.11 Å². The summed E-state index contributed by atoms with van der Waals surface area (Å²) in [6, 6.07) is 0. The molecule has 1 heterocycles. The number of aliphatic hydroxyl groups is 1. The van der Waals surface area contributed by atoms with Gasteiger partial charge >= 0.3 is 5.97 Å². The number of hydrogen-bond donors (Lipinski definition) is 1. The molecule has 0 saturated carbocycles. The number of hydrogen-bond acceptors (Lipinski definition) is 4. The van der Waals surface area contributed by atoms with Crippen LogP contribution < -0.4 is 0 Å². The molecule has 0 radical (unpaired) electrons. The van der Waals surface area contributed by atoms with Gasteiger partial charge in [0.2, 0.25) is 0 Å². The number of carbonyl (C=O) groups is 1. The van der Waals surface area contributed by atoms with Crippen molar-refractivity contribution in [2.75, 3.05) is 20.3 Å². The van der Waals surface area contributed by atoms with Crippen LogP contribution in [0.25, 0.3) is 0 Å². The lowest BCUT2D eigenvalue weighted by Gasteiger charge is -2.21. The highest BCUT2D eigenvalue weighted by Gasteiger charge is 2.32. The second kappa shape index (κ2) is 4.58. The molecule has 0 aromatic heterocycles. The normalized spacial score (nSPS) is 26.8. The fraction of sp³-hybridized carbons (Fsp3) is 0.889. The van der Waals surface area contributed by atoms with Crippen molar-refractivity contribution in [1.82, 2.24) is 0 Å². The van der Waals surface area contributed by atoms with Crippen LogP contribution in [0.5, 0.6) is 0 Å². The smallest absolute Gasteiger partial charge is 0.334 e. The first-order valence-corrected chi connectivity index (χ1v) is 4.50. The van der Waals surface area contributed by atoms with Crippen LogP contribution in [0.3, 0.4) is 0 Å².